The van der Waals surface area contributed by atoms with Crippen LogP contribution < -0.4 is 10.2 Å². The fraction of sp³-hybridized carbons (Fsp3) is 0.500. The quantitative estimate of drug-likeness (QED) is 0.673. The summed E-state index contributed by atoms with van der Waals surface area (Å²) in [6.07, 6.45) is 3.43. The molecule has 1 fully saturated rings. The topological polar surface area (TPSA) is 71.2 Å². The van der Waals surface area contributed by atoms with Gasteiger partial charge in [-0.2, -0.15) is 4.52 Å². The van der Waals surface area contributed by atoms with Gasteiger partial charge >= 0.3 is 0 Å². The van der Waals surface area contributed by atoms with Crippen LogP contribution in [0, 0.1) is 0 Å². The van der Waals surface area contributed by atoms with Crippen molar-refractivity contribution in [3.05, 3.63) is 12.4 Å². The van der Waals surface area contributed by atoms with Gasteiger partial charge in [0, 0.05) is 20.1 Å². The first-order chi connectivity index (χ1) is 7.36. The first kappa shape index (κ1) is 8.54. The van der Waals surface area contributed by atoms with Crippen LogP contribution in [0.25, 0.3) is 5.65 Å². The molecule has 0 spiro atoms. The van der Waals surface area contributed by atoms with Crippen molar-refractivity contribution >= 4 is 11.5 Å². The maximum absolute atomic E-state index is 4.12. The number of anilines is 1. The zero-order valence-electron chi connectivity index (χ0n) is 8.33. The lowest BCUT2D eigenvalue weighted by Crippen LogP contribution is -2.56. The van der Waals surface area contributed by atoms with E-state index in [0.29, 0.717) is 11.7 Å². The van der Waals surface area contributed by atoms with Gasteiger partial charge in [0.2, 0.25) is 0 Å². The van der Waals surface area contributed by atoms with Crippen molar-refractivity contribution in [2.75, 3.05) is 25.0 Å². The fourth-order valence-corrected chi connectivity index (χ4v) is 1.64. The molecule has 1 saturated heterocycles. The lowest BCUT2D eigenvalue weighted by molar-refractivity contribution is 0.424. The van der Waals surface area contributed by atoms with Crippen molar-refractivity contribution in [2.24, 2.45) is 0 Å². The molecule has 0 aromatic carbocycles. The van der Waals surface area contributed by atoms with E-state index in [9.17, 15) is 0 Å². The molecule has 0 unspecified atom stereocenters. The van der Waals surface area contributed by atoms with Crippen molar-refractivity contribution in [1.82, 2.24) is 30.3 Å². The summed E-state index contributed by atoms with van der Waals surface area (Å²) in [6, 6.07) is 0.501. The largest absolute Gasteiger partial charge is 0.353 e. The Labute approximate surface area is 86.1 Å². The maximum atomic E-state index is 4.12. The third-order valence-corrected chi connectivity index (χ3v) is 2.76. The Morgan fingerprint density at radius 1 is 1.47 bits per heavy atom. The molecular weight excluding hydrogens is 194 g/mol. The molecule has 15 heavy (non-hydrogen) atoms. The van der Waals surface area contributed by atoms with Crippen LogP contribution in [-0.2, 0) is 0 Å². The number of hydrogen-bond acceptors (Lipinski definition) is 6. The highest BCUT2D eigenvalue weighted by Crippen LogP contribution is 2.15. The minimum Gasteiger partial charge on any atom is -0.353 e. The maximum Gasteiger partial charge on any atom is 0.199 e. The van der Waals surface area contributed by atoms with E-state index in [1.54, 1.807) is 16.9 Å². The number of nitrogens with zero attached hydrogens (tertiary/aromatic N) is 6. The van der Waals surface area contributed by atoms with Crippen molar-refractivity contribution in [3.8, 4) is 0 Å². The monoisotopic (exact) mass is 205 g/mol. The molecule has 2 aromatic heterocycles. The normalized spacial score (nSPS) is 16.6. The first-order valence-electron chi connectivity index (χ1n) is 4.82. The summed E-state index contributed by atoms with van der Waals surface area (Å²) in [4.78, 5) is 6.27. The van der Waals surface area contributed by atoms with E-state index < -0.39 is 0 Å². The van der Waals surface area contributed by atoms with Gasteiger partial charge in [0.15, 0.2) is 11.5 Å². The average molecular weight is 205 g/mol. The molecule has 7 nitrogen and oxygen atoms in total. The molecule has 0 radical (unpaired) electrons. The molecule has 1 aliphatic heterocycles. The van der Waals surface area contributed by atoms with Crippen LogP contribution in [0.15, 0.2) is 12.4 Å². The molecule has 1 aliphatic rings. The van der Waals surface area contributed by atoms with Crippen molar-refractivity contribution in [1.29, 1.82) is 0 Å². The smallest absolute Gasteiger partial charge is 0.199 e. The molecule has 0 atom stereocenters. The van der Waals surface area contributed by atoms with Gasteiger partial charge in [0.1, 0.15) is 0 Å². The lowest BCUT2D eigenvalue weighted by atomic mass is 10.1. The summed E-state index contributed by atoms with van der Waals surface area (Å²) in [5, 5.41) is 14.7. The second-order valence-electron chi connectivity index (χ2n) is 3.64. The molecule has 0 saturated carbocycles. The summed E-state index contributed by atoms with van der Waals surface area (Å²) < 4.78 is 1.70. The van der Waals surface area contributed by atoms with Crippen LogP contribution in [0.1, 0.15) is 0 Å². The van der Waals surface area contributed by atoms with Crippen molar-refractivity contribution in [2.45, 2.75) is 6.04 Å². The number of fused-ring (bicyclic) bond motifs is 1. The predicted octanol–water partition coefficient (Wildman–Crippen LogP) is -1.07. The Hall–Kier alpha value is -1.76. The zero-order chi connectivity index (χ0) is 10.3. The molecule has 3 rings (SSSR count). The Bertz CT molecular complexity index is 475. The number of hydrogen-bond donors (Lipinski definition) is 1. The lowest BCUT2D eigenvalue weighted by Gasteiger charge is -2.36. The van der Waals surface area contributed by atoms with Crippen LogP contribution in [0.4, 0.5) is 5.82 Å². The fourth-order valence-electron chi connectivity index (χ4n) is 1.64. The van der Waals surface area contributed by atoms with E-state index in [-0.39, 0.29) is 0 Å². The Morgan fingerprint density at radius 2 is 2.33 bits per heavy atom. The van der Waals surface area contributed by atoms with Gasteiger partial charge in [-0.3, -0.25) is 4.98 Å². The Kier molecular flexibility index (Phi) is 1.78. The van der Waals surface area contributed by atoms with E-state index in [0.717, 1.165) is 18.9 Å². The average Bonchev–Trinajstić information content (AvgIpc) is 2.61. The van der Waals surface area contributed by atoms with Crippen molar-refractivity contribution in [3.63, 3.8) is 0 Å². The van der Waals surface area contributed by atoms with E-state index in [2.05, 4.69) is 30.7 Å². The molecule has 0 amide bonds. The second kappa shape index (κ2) is 3.13. The van der Waals surface area contributed by atoms with Crippen LogP contribution in [0.3, 0.4) is 0 Å². The van der Waals surface area contributed by atoms with E-state index in [4.69, 9.17) is 0 Å². The minimum atomic E-state index is 0.501. The van der Waals surface area contributed by atoms with Gasteiger partial charge in [-0.25, -0.2) is 0 Å². The third kappa shape index (κ3) is 1.23. The highest BCUT2D eigenvalue weighted by molar-refractivity contribution is 5.46. The molecule has 2 aromatic rings. The molecule has 1 N–H and O–H groups in total. The van der Waals surface area contributed by atoms with E-state index in [1.165, 1.54) is 0 Å². The van der Waals surface area contributed by atoms with Crippen LogP contribution >= 0.6 is 0 Å². The van der Waals surface area contributed by atoms with Crippen LogP contribution in [-0.4, -0.2) is 51.2 Å². The summed E-state index contributed by atoms with van der Waals surface area (Å²) >= 11 is 0. The number of aromatic nitrogens is 5. The highest BCUT2D eigenvalue weighted by Gasteiger charge is 2.23. The van der Waals surface area contributed by atoms with Gasteiger partial charge in [-0.05, 0) is 10.4 Å². The summed E-state index contributed by atoms with van der Waals surface area (Å²) in [5.74, 6) is 0.920. The summed E-state index contributed by atoms with van der Waals surface area (Å²) in [6.45, 7) is 1.99. The molecule has 3 heterocycles. The zero-order valence-corrected chi connectivity index (χ0v) is 8.33. The Morgan fingerprint density at radius 3 is 3.07 bits per heavy atom. The van der Waals surface area contributed by atoms with Crippen molar-refractivity contribution < 1.29 is 0 Å². The van der Waals surface area contributed by atoms with Crippen LogP contribution in [0.5, 0.6) is 0 Å². The van der Waals surface area contributed by atoms with Gasteiger partial charge in [-0.15, -0.1) is 5.10 Å². The van der Waals surface area contributed by atoms with E-state index in [1.807, 2.05) is 7.05 Å². The number of rotatable bonds is 2. The molecule has 78 valence electrons. The Balaban J connectivity index is 2.05. The molecule has 7 heteroatoms. The standard InChI is InChI=1S/C8H11N7/c1-14(6-2-9-3-6)8-5-10-4-7-11-12-13-15(7)8/h4-6,9H,2-3H2,1H3. The van der Waals surface area contributed by atoms with Gasteiger partial charge in [-0.1, -0.05) is 0 Å². The number of nitrogens with one attached hydrogen (secondary N) is 1. The molecule has 0 bridgehead atoms. The van der Waals surface area contributed by atoms with Gasteiger partial charge < -0.3 is 10.2 Å². The molecular formula is C8H11N7. The van der Waals surface area contributed by atoms with Crippen LogP contribution in [0.2, 0.25) is 0 Å². The predicted molar refractivity (Wildman–Crippen MR) is 53.6 cm³/mol. The first-order valence-corrected chi connectivity index (χ1v) is 4.82. The third-order valence-electron chi connectivity index (χ3n) is 2.76. The molecule has 0 aliphatic carbocycles. The second-order valence-corrected chi connectivity index (χ2v) is 3.64. The van der Waals surface area contributed by atoms with Gasteiger partial charge in [0.25, 0.3) is 0 Å². The summed E-state index contributed by atoms with van der Waals surface area (Å²) in [7, 11) is 2.03. The summed E-state index contributed by atoms with van der Waals surface area (Å²) in [5.41, 5.74) is 0.673. The number of tetrazole rings is 1. The highest BCUT2D eigenvalue weighted by atomic mass is 15.5. The number of likely N-dealkylation sites (N-methyl/N-ethyl adjacent to an activating group) is 1. The minimum absolute atomic E-state index is 0.501. The SMILES string of the molecule is CN(c1cncc2nnnn12)C1CNC1. The van der Waals surface area contributed by atoms with Gasteiger partial charge in [0.05, 0.1) is 18.4 Å². The van der Waals surface area contributed by atoms with E-state index >= 15 is 0 Å².